The third-order valence-corrected chi connectivity index (χ3v) is 3.22. The first-order valence-corrected chi connectivity index (χ1v) is 5.64. The smallest absolute Gasteiger partial charge is 0.248 e. The molecule has 17 heavy (non-hydrogen) atoms. The van der Waals surface area contributed by atoms with Crippen LogP contribution in [0.2, 0.25) is 0 Å². The molecule has 4 nitrogen and oxygen atoms in total. The minimum Gasteiger partial charge on any atom is -0.419 e. The van der Waals surface area contributed by atoms with Gasteiger partial charge in [-0.2, -0.15) is 0 Å². The Bertz CT molecular complexity index is 532. The molecule has 1 aromatic heterocycles. The fourth-order valence-corrected chi connectivity index (χ4v) is 1.97. The van der Waals surface area contributed by atoms with E-state index in [4.69, 9.17) is 10.2 Å². The van der Waals surface area contributed by atoms with Gasteiger partial charge in [-0.1, -0.05) is 6.07 Å². The Hall–Kier alpha value is -1.68. The summed E-state index contributed by atoms with van der Waals surface area (Å²) in [5.41, 5.74) is 11.3. The van der Waals surface area contributed by atoms with Gasteiger partial charge < -0.3 is 10.2 Å². The van der Waals surface area contributed by atoms with Crippen molar-refractivity contribution in [3.8, 4) is 11.5 Å². The molecule has 0 fully saturated rings. The number of hydrogen-bond acceptors (Lipinski definition) is 4. The van der Waals surface area contributed by atoms with Gasteiger partial charge in [-0.05, 0) is 49.9 Å². The summed E-state index contributed by atoms with van der Waals surface area (Å²) in [6.07, 6.45) is 0. The summed E-state index contributed by atoms with van der Waals surface area (Å²) in [5, 5.41) is 7.98. The number of nitrogens with zero attached hydrogens (tertiary/aromatic N) is 2. The molecule has 0 saturated carbocycles. The van der Waals surface area contributed by atoms with Crippen LogP contribution in [0.3, 0.4) is 0 Å². The molecule has 1 aromatic carbocycles. The lowest BCUT2D eigenvalue weighted by Gasteiger charge is -2.11. The summed E-state index contributed by atoms with van der Waals surface area (Å²) in [7, 11) is 0. The maximum Gasteiger partial charge on any atom is 0.248 e. The van der Waals surface area contributed by atoms with Crippen molar-refractivity contribution in [3.05, 3.63) is 34.2 Å². The average molecular weight is 231 g/mol. The molecule has 0 saturated heterocycles. The molecule has 0 aliphatic carbocycles. The van der Waals surface area contributed by atoms with Crippen LogP contribution in [0.15, 0.2) is 10.5 Å². The molecule has 1 heterocycles. The highest BCUT2D eigenvalue weighted by Crippen LogP contribution is 2.30. The third kappa shape index (κ3) is 1.96. The summed E-state index contributed by atoms with van der Waals surface area (Å²) < 4.78 is 5.54. The minimum atomic E-state index is 0.274. The van der Waals surface area contributed by atoms with Crippen LogP contribution >= 0.6 is 0 Å². The normalized spacial score (nSPS) is 10.9. The molecular formula is C13H17N3O. The van der Waals surface area contributed by atoms with Crippen LogP contribution in [-0.2, 0) is 6.54 Å². The maximum atomic E-state index is 5.54. The van der Waals surface area contributed by atoms with Crippen molar-refractivity contribution in [1.29, 1.82) is 0 Å². The second-order valence-electron chi connectivity index (χ2n) is 4.34. The fraction of sp³-hybridized carbons (Fsp3) is 0.385. The number of rotatable bonds is 2. The summed E-state index contributed by atoms with van der Waals surface area (Å²) in [6, 6.07) is 2.17. The van der Waals surface area contributed by atoms with Crippen molar-refractivity contribution >= 4 is 0 Å². The number of benzene rings is 1. The number of aromatic nitrogens is 2. The Morgan fingerprint density at radius 2 is 1.65 bits per heavy atom. The molecule has 0 bridgehead atoms. The Balaban J connectivity index is 2.65. The van der Waals surface area contributed by atoms with Crippen LogP contribution in [0.1, 0.15) is 28.1 Å². The molecule has 2 rings (SSSR count). The Morgan fingerprint density at radius 3 is 2.12 bits per heavy atom. The van der Waals surface area contributed by atoms with Crippen LogP contribution in [0.25, 0.3) is 11.5 Å². The number of nitrogens with two attached hydrogens (primary N) is 1. The lowest BCUT2D eigenvalue weighted by Crippen LogP contribution is -1.95. The van der Waals surface area contributed by atoms with E-state index in [1.165, 1.54) is 22.3 Å². The largest absolute Gasteiger partial charge is 0.419 e. The van der Waals surface area contributed by atoms with Gasteiger partial charge in [0.2, 0.25) is 11.8 Å². The maximum absolute atomic E-state index is 5.54. The average Bonchev–Trinajstić information content (AvgIpc) is 2.75. The van der Waals surface area contributed by atoms with Gasteiger partial charge in [-0.15, -0.1) is 10.2 Å². The summed E-state index contributed by atoms with van der Waals surface area (Å²) in [6.45, 7) is 8.60. The summed E-state index contributed by atoms with van der Waals surface area (Å²) >= 11 is 0. The second-order valence-corrected chi connectivity index (χ2v) is 4.34. The van der Waals surface area contributed by atoms with Crippen molar-refractivity contribution in [2.45, 2.75) is 34.2 Å². The molecule has 0 unspecified atom stereocenters. The van der Waals surface area contributed by atoms with Crippen molar-refractivity contribution in [2.24, 2.45) is 5.73 Å². The highest BCUT2D eigenvalue weighted by Gasteiger charge is 2.15. The standard InChI is InChI=1S/C13H17N3O/c1-7-5-8(2)10(4)12(9(7)3)13-16-15-11(6-14)17-13/h5H,6,14H2,1-4H3. The van der Waals surface area contributed by atoms with Gasteiger partial charge in [0.25, 0.3) is 0 Å². The van der Waals surface area contributed by atoms with Crippen LogP contribution < -0.4 is 5.73 Å². The SMILES string of the molecule is Cc1cc(C)c(C)c(-c2nnc(CN)o2)c1C. The first kappa shape index (κ1) is 11.8. The third-order valence-electron chi connectivity index (χ3n) is 3.22. The second kappa shape index (κ2) is 4.30. The van der Waals surface area contributed by atoms with Crippen LogP contribution in [-0.4, -0.2) is 10.2 Å². The minimum absolute atomic E-state index is 0.274. The van der Waals surface area contributed by atoms with Crippen molar-refractivity contribution < 1.29 is 4.42 Å². The lowest BCUT2D eigenvalue weighted by atomic mass is 9.94. The van der Waals surface area contributed by atoms with Gasteiger partial charge in [0.05, 0.1) is 6.54 Å². The molecule has 0 aliphatic rings. The van der Waals surface area contributed by atoms with E-state index in [1.54, 1.807) is 0 Å². The van der Waals surface area contributed by atoms with Gasteiger partial charge in [0.15, 0.2) is 0 Å². The van der Waals surface area contributed by atoms with Crippen molar-refractivity contribution in [1.82, 2.24) is 10.2 Å². The van der Waals surface area contributed by atoms with Gasteiger partial charge in [-0.3, -0.25) is 0 Å². The van der Waals surface area contributed by atoms with Gasteiger partial charge in [0.1, 0.15) is 0 Å². The lowest BCUT2D eigenvalue weighted by molar-refractivity contribution is 0.508. The first-order valence-electron chi connectivity index (χ1n) is 5.64. The zero-order chi connectivity index (χ0) is 12.6. The van der Waals surface area contributed by atoms with E-state index >= 15 is 0 Å². The van der Waals surface area contributed by atoms with Crippen LogP contribution in [0.5, 0.6) is 0 Å². The zero-order valence-electron chi connectivity index (χ0n) is 10.7. The molecule has 0 radical (unpaired) electrons. The molecule has 2 N–H and O–H groups in total. The topological polar surface area (TPSA) is 64.9 Å². The Morgan fingerprint density at radius 1 is 1.06 bits per heavy atom. The molecule has 90 valence electrons. The predicted octanol–water partition coefficient (Wildman–Crippen LogP) is 2.43. The highest BCUT2D eigenvalue weighted by atomic mass is 16.4. The van der Waals surface area contributed by atoms with E-state index in [0.717, 1.165) is 5.56 Å². The van der Waals surface area contributed by atoms with E-state index in [0.29, 0.717) is 11.8 Å². The van der Waals surface area contributed by atoms with Gasteiger partial charge >= 0.3 is 0 Å². The highest BCUT2D eigenvalue weighted by molar-refractivity contribution is 5.66. The van der Waals surface area contributed by atoms with Gasteiger partial charge in [-0.25, -0.2) is 0 Å². The van der Waals surface area contributed by atoms with E-state index in [-0.39, 0.29) is 6.54 Å². The molecule has 0 aliphatic heterocycles. The molecule has 0 amide bonds. The van der Waals surface area contributed by atoms with Crippen LogP contribution in [0, 0.1) is 27.7 Å². The predicted molar refractivity (Wildman–Crippen MR) is 66.6 cm³/mol. The zero-order valence-corrected chi connectivity index (χ0v) is 10.7. The van der Waals surface area contributed by atoms with Crippen molar-refractivity contribution in [2.75, 3.05) is 0 Å². The van der Waals surface area contributed by atoms with E-state index in [1.807, 2.05) is 0 Å². The summed E-state index contributed by atoms with van der Waals surface area (Å²) in [5.74, 6) is 1.03. The van der Waals surface area contributed by atoms with E-state index in [9.17, 15) is 0 Å². The monoisotopic (exact) mass is 231 g/mol. The fourth-order valence-electron chi connectivity index (χ4n) is 1.97. The molecular weight excluding hydrogens is 214 g/mol. The Kier molecular flexibility index (Phi) is 2.98. The quantitative estimate of drug-likeness (QED) is 0.862. The van der Waals surface area contributed by atoms with E-state index < -0.39 is 0 Å². The first-order chi connectivity index (χ1) is 8.04. The van der Waals surface area contributed by atoms with Crippen LogP contribution in [0.4, 0.5) is 0 Å². The molecule has 2 aromatic rings. The molecule has 4 heteroatoms. The number of aryl methyl sites for hydroxylation is 2. The van der Waals surface area contributed by atoms with Crippen molar-refractivity contribution in [3.63, 3.8) is 0 Å². The van der Waals surface area contributed by atoms with Gasteiger partial charge in [0, 0.05) is 5.56 Å². The summed E-state index contributed by atoms with van der Waals surface area (Å²) in [4.78, 5) is 0. The van der Waals surface area contributed by atoms with E-state index in [2.05, 4.69) is 44.0 Å². The molecule has 0 spiro atoms. The number of hydrogen-bond donors (Lipinski definition) is 1. The molecule has 0 atom stereocenters. The Labute approximate surface area is 101 Å².